The first-order valence-corrected chi connectivity index (χ1v) is 11.3. The Kier molecular flexibility index (Phi) is 5.98. The summed E-state index contributed by atoms with van der Waals surface area (Å²) < 4.78 is 3.83. The van der Waals surface area contributed by atoms with Gasteiger partial charge in [-0.3, -0.25) is 9.69 Å². The number of amides is 1. The standard InChI is InChI=1S/C25H28N6O/c32-25(19-31-18-23(27-28-31)17-29-12-5-2-6-13-29)26-22-9-10-24-21(15-22)11-14-30(24)16-20-7-3-1-4-8-20/h1,3-4,7-11,14-15,18H,2,5-6,12-13,16-17,19H2,(H,26,32). The SMILES string of the molecule is O=C(Cn1cc(CN2CCCCC2)nn1)Nc1ccc2c(ccn2Cc2ccccc2)c1. The van der Waals surface area contributed by atoms with Crippen LogP contribution in [-0.4, -0.2) is 43.5 Å². The molecule has 0 aliphatic carbocycles. The van der Waals surface area contributed by atoms with Crippen molar-refractivity contribution < 1.29 is 4.79 Å². The Balaban J connectivity index is 1.19. The minimum atomic E-state index is -0.109. The van der Waals surface area contributed by atoms with Gasteiger partial charge in [-0.1, -0.05) is 42.0 Å². The Morgan fingerprint density at radius 2 is 1.81 bits per heavy atom. The topological polar surface area (TPSA) is 68.0 Å². The number of anilines is 1. The van der Waals surface area contributed by atoms with Crippen LogP contribution in [0.2, 0.25) is 0 Å². The summed E-state index contributed by atoms with van der Waals surface area (Å²) in [5, 5.41) is 12.5. The van der Waals surface area contributed by atoms with Gasteiger partial charge in [0, 0.05) is 35.9 Å². The zero-order valence-corrected chi connectivity index (χ0v) is 18.2. The summed E-state index contributed by atoms with van der Waals surface area (Å²) in [7, 11) is 0. The van der Waals surface area contributed by atoms with Crippen molar-refractivity contribution in [3.63, 3.8) is 0 Å². The van der Waals surface area contributed by atoms with Crippen molar-refractivity contribution >= 4 is 22.5 Å². The second-order valence-corrected chi connectivity index (χ2v) is 8.50. The van der Waals surface area contributed by atoms with Crippen LogP contribution in [-0.2, 0) is 24.4 Å². The van der Waals surface area contributed by atoms with Crippen LogP contribution >= 0.6 is 0 Å². The molecule has 2 aromatic carbocycles. The minimum Gasteiger partial charge on any atom is -0.343 e. The second kappa shape index (κ2) is 9.36. The smallest absolute Gasteiger partial charge is 0.246 e. The third kappa shape index (κ3) is 4.89. The van der Waals surface area contributed by atoms with Gasteiger partial charge in [-0.25, -0.2) is 4.68 Å². The van der Waals surface area contributed by atoms with Crippen molar-refractivity contribution in [1.82, 2.24) is 24.5 Å². The molecular weight excluding hydrogens is 400 g/mol. The molecule has 0 unspecified atom stereocenters. The van der Waals surface area contributed by atoms with E-state index in [9.17, 15) is 4.79 Å². The number of fused-ring (bicyclic) bond motifs is 1. The van der Waals surface area contributed by atoms with Gasteiger partial charge in [0.05, 0.1) is 11.9 Å². The normalized spacial score (nSPS) is 14.6. The fourth-order valence-electron chi connectivity index (χ4n) is 4.38. The lowest BCUT2D eigenvalue weighted by Crippen LogP contribution is -2.29. The Morgan fingerprint density at radius 3 is 2.66 bits per heavy atom. The van der Waals surface area contributed by atoms with Gasteiger partial charge in [-0.2, -0.15) is 0 Å². The van der Waals surface area contributed by atoms with E-state index >= 15 is 0 Å². The van der Waals surface area contributed by atoms with Crippen LogP contribution in [0.15, 0.2) is 67.0 Å². The number of piperidine rings is 1. The molecule has 1 amide bonds. The van der Waals surface area contributed by atoms with Gasteiger partial charge >= 0.3 is 0 Å². The molecule has 1 aliphatic rings. The quantitative estimate of drug-likeness (QED) is 0.485. The number of hydrogen-bond acceptors (Lipinski definition) is 4. The van der Waals surface area contributed by atoms with Crippen molar-refractivity contribution in [3.8, 4) is 0 Å². The molecule has 4 aromatic rings. The number of rotatable bonds is 7. The summed E-state index contributed by atoms with van der Waals surface area (Å²) >= 11 is 0. The van der Waals surface area contributed by atoms with E-state index in [1.807, 2.05) is 24.4 Å². The van der Waals surface area contributed by atoms with Crippen LogP contribution in [0, 0.1) is 0 Å². The molecule has 0 radical (unpaired) electrons. The van der Waals surface area contributed by atoms with Gasteiger partial charge in [-0.05, 0) is 55.8 Å². The van der Waals surface area contributed by atoms with Crippen LogP contribution in [0.1, 0.15) is 30.5 Å². The molecule has 0 saturated carbocycles. The van der Waals surface area contributed by atoms with Crippen molar-refractivity contribution in [2.75, 3.05) is 18.4 Å². The molecule has 32 heavy (non-hydrogen) atoms. The number of nitrogens with one attached hydrogen (secondary N) is 1. The molecular formula is C25H28N6O. The molecule has 1 fully saturated rings. The van der Waals surface area contributed by atoms with E-state index in [-0.39, 0.29) is 12.5 Å². The maximum Gasteiger partial charge on any atom is 0.246 e. The van der Waals surface area contributed by atoms with Crippen LogP contribution in [0.5, 0.6) is 0 Å². The first kappa shape index (κ1) is 20.5. The highest BCUT2D eigenvalue weighted by molar-refractivity contribution is 5.93. The lowest BCUT2D eigenvalue weighted by Gasteiger charge is -2.25. The van der Waals surface area contributed by atoms with E-state index in [0.717, 1.165) is 48.5 Å². The molecule has 1 saturated heterocycles. The number of aromatic nitrogens is 4. The van der Waals surface area contributed by atoms with E-state index in [2.05, 4.69) is 67.7 Å². The number of carbonyl (C=O) groups excluding carboxylic acids is 1. The summed E-state index contributed by atoms with van der Waals surface area (Å²) in [6.45, 7) is 4.01. The number of carbonyl (C=O) groups is 1. The molecule has 164 valence electrons. The average Bonchev–Trinajstić information content (AvgIpc) is 3.41. The molecule has 7 heteroatoms. The Morgan fingerprint density at radius 1 is 0.969 bits per heavy atom. The van der Waals surface area contributed by atoms with E-state index in [0.29, 0.717) is 0 Å². The van der Waals surface area contributed by atoms with Gasteiger partial charge in [0.25, 0.3) is 0 Å². The molecule has 1 N–H and O–H groups in total. The van der Waals surface area contributed by atoms with Crippen molar-refractivity contribution in [2.45, 2.75) is 38.9 Å². The summed E-state index contributed by atoms with van der Waals surface area (Å²) in [5.41, 5.74) is 4.11. The first-order chi connectivity index (χ1) is 15.7. The summed E-state index contributed by atoms with van der Waals surface area (Å²) in [6, 6.07) is 18.5. The Labute approximate surface area is 187 Å². The maximum atomic E-state index is 12.5. The van der Waals surface area contributed by atoms with Gasteiger partial charge in [0.2, 0.25) is 5.91 Å². The van der Waals surface area contributed by atoms with Crippen molar-refractivity contribution in [3.05, 3.63) is 78.2 Å². The fourth-order valence-corrected chi connectivity index (χ4v) is 4.38. The third-order valence-corrected chi connectivity index (χ3v) is 5.98. The summed E-state index contributed by atoms with van der Waals surface area (Å²) in [5.74, 6) is -0.109. The van der Waals surface area contributed by atoms with Gasteiger partial charge in [0.1, 0.15) is 6.54 Å². The largest absolute Gasteiger partial charge is 0.343 e. The van der Waals surface area contributed by atoms with Gasteiger partial charge in [-0.15, -0.1) is 5.10 Å². The van der Waals surface area contributed by atoms with E-state index in [4.69, 9.17) is 0 Å². The number of nitrogens with zero attached hydrogens (tertiary/aromatic N) is 5. The lowest BCUT2D eigenvalue weighted by atomic mass is 10.1. The zero-order chi connectivity index (χ0) is 21.8. The third-order valence-electron chi connectivity index (χ3n) is 5.98. The number of hydrogen-bond donors (Lipinski definition) is 1. The highest BCUT2D eigenvalue weighted by Gasteiger charge is 2.13. The van der Waals surface area contributed by atoms with Crippen LogP contribution in [0.4, 0.5) is 5.69 Å². The van der Waals surface area contributed by atoms with Gasteiger partial charge in [0.15, 0.2) is 0 Å². The predicted molar refractivity (Wildman–Crippen MR) is 125 cm³/mol. The molecule has 5 rings (SSSR count). The number of likely N-dealkylation sites (tertiary alicyclic amines) is 1. The Hall–Kier alpha value is -3.45. The zero-order valence-electron chi connectivity index (χ0n) is 18.2. The van der Waals surface area contributed by atoms with Gasteiger partial charge < -0.3 is 9.88 Å². The second-order valence-electron chi connectivity index (χ2n) is 8.50. The fraction of sp³-hybridized carbons (Fsp3) is 0.320. The number of benzene rings is 2. The van der Waals surface area contributed by atoms with Crippen molar-refractivity contribution in [1.29, 1.82) is 0 Å². The van der Waals surface area contributed by atoms with E-state index < -0.39 is 0 Å². The highest BCUT2D eigenvalue weighted by atomic mass is 16.2. The van der Waals surface area contributed by atoms with Crippen LogP contribution in [0.3, 0.4) is 0 Å². The minimum absolute atomic E-state index is 0.109. The van der Waals surface area contributed by atoms with E-state index in [1.165, 1.54) is 24.8 Å². The first-order valence-electron chi connectivity index (χ1n) is 11.3. The highest BCUT2D eigenvalue weighted by Crippen LogP contribution is 2.22. The molecule has 0 bridgehead atoms. The molecule has 7 nitrogen and oxygen atoms in total. The Bertz CT molecular complexity index is 1190. The van der Waals surface area contributed by atoms with E-state index in [1.54, 1.807) is 4.68 Å². The van der Waals surface area contributed by atoms with Crippen molar-refractivity contribution in [2.24, 2.45) is 0 Å². The maximum absolute atomic E-state index is 12.5. The van der Waals surface area contributed by atoms with Crippen LogP contribution in [0.25, 0.3) is 10.9 Å². The molecule has 0 atom stereocenters. The predicted octanol–water partition coefficient (Wildman–Crippen LogP) is 3.91. The summed E-state index contributed by atoms with van der Waals surface area (Å²) in [4.78, 5) is 14.9. The molecule has 2 aromatic heterocycles. The van der Waals surface area contributed by atoms with Crippen LogP contribution < -0.4 is 5.32 Å². The summed E-state index contributed by atoms with van der Waals surface area (Å²) in [6.07, 6.45) is 7.77. The lowest BCUT2D eigenvalue weighted by molar-refractivity contribution is -0.116. The average molecular weight is 429 g/mol. The molecule has 3 heterocycles. The molecule has 0 spiro atoms. The monoisotopic (exact) mass is 428 g/mol. The molecule has 1 aliphatic heterocycles.